The lowest BCUT2D eigenvalue weighted by Crippen LogP contribution is -2.23. The monoisotopic (exact) mass is 292 g/mol. The van der Waals surface area contributed by atoms with Gasteiger partial charge in [-0.1, -0.05) is 24.0 Å². The van der Waals surface area contributed by atoms with Crippen molar-refractivity contribution in [3.05, 3.63) is 10.9 Å². The van der Waals surface area contributed by atoms with E-state index in [1.54, 1.807) is 0 Å². The number of alkyl halides is 4. The summed E-state index contributed by atoms with van der Waals surface area (Å²) in [4.78, 5) is 0. The summed E-state index contributed by atoms with van der Waals surface area (Å²) in [6, 6.07) is 0. The van der Waals surface area contributed by atoms with E-state index in [0.29, 0.717) is 0 Å². The predicted octanol–water partition coefficient (Wildman–Crippen LogP) is 3.95. The van der Waals surface area contributed by atoms with Gasteiger partial charge in [0.15, 0.2) is 0 Å². The van der Waals surface area contributed by atoms with E-state index in [0.717, 1.165) is 0 Å². The normalized spacial score (nSPS) is 13.9. The number of hydrogen-bond acceptors (Lipinski definition) is 0. The van der Waals surface area contributed by atoms with Gasteiger partial charge in [0.25, 0.3) is 0 Å². The van der Waals surface area contributed by atoms with Gasteiger partial charge in [0, 0.05) is 0 Å². The maximum Gasteiger partial charge on any atom is 0.116 e. The summed E-state index contributed by atoms with van der Waals surface area (Å²) in [5.41, 5.74) is 2.15. The van der Waals surface area contributed by atoms with Gasteiger partial charge in [-0.25, -0.2) is 0 Å². The van der Waals surface area contributed by atoms with Crippen LogP contribution >= 0.6 is 46.4 Å². The average Bonchev–Trinajstić information content (AvgIpc) is 2.02. The van der Waals surface area contributed by atoms with Crippen molar-refractivity contribution in [2.75, 3.05) is 0 Å². The molecule has 0 aliphatic heterocycles. The van der Waals surface area contributed by atoms with E-state index in [1.165, 1.54) is 5.20 Å². The summed E-state index contributed by atoms with van der Waals surface area (Å²) in [5, 5.41) is 1.27. The molecule has 0 aliphatic carbocycles. The first-order valence-electron chi connectivity index (χ1n) is 3.78. The summed E-state index contributed by atoms with van der Waals surface area (Å²) < 4.78 is -0.529. The average molecular weight is 294 g/mol. The zero-order valence-corrected chi connectivity index (χ0v) is 12.8. The Morgan fingerprint density at radius 3 is 1.85 bits per heavy atom. The summed E-state index contributed by atoms with van der Waals surface area (Å²) in [6.07, 6.45) is 0. The second-order valence-corrected chi connectivity index (χ2v) is 11.6. The lowest BCUT2D eigenvalue weighted by molar-refractivity contribution is 1.56. The van der Waals surface area contributed by atoms with Crippen molar-refractivity contribution in [2.45, 2.75) is 28.9 Å². The molecule has 0 saturated heterocycles. The Hall–Kier alpha value is 1.33. The quantitative estimate of drug-likeness (QED) is 0.544. The molecule has 0 amide bonds. The number of rotatable bonds is 4. The molecular formula is C7H12Cl4Si2. The van der Waals surface area contributed by atoms with Crippen LogP contribution < -0.4 is 0 Å². The molecule has 0 nitrogen and oxygen atoms in total. The molecule has 0 aromatic heterocycles. The van der Waals surface area contributed by atoms with Crippen LogP contribution in [0, 0.1) is 0 Å². The van der Waals surface area contributed by atoms with Gasteiger partial charge in [-0.05, 0) is 6.92 Å². The van der Waals surface area contributed by atoms with Crippen LogP contribution in [0.4, 0.5) is 0 Å². The van der Waals surface area contributed by atoms with Crippen LogP contribution in [-0.4, -0.2) is 26.5 Å². The first-order valence-corrected chi connectivity index (χ1v) is 9.76. The maximum absolute atomic E-state index is 5.80. The van der Waals surface area contributed by atoms with E-state index in [-0.39, 0.29) is 8.92 Å². The molecule has 76 valence electrons. The third-order valence-corrected chi connectivity index (χ3v) is 9.68. The zero-order valence-electron chi connectivity index (χ0n) is 7.74. The number of hydrogen-bond donors (Lipinski definition) is 0. The second-order valence-electron chi connectivity index (χ2n) is 2.86. The Morgan fingerprint density at radius 1 is 1.08 bits per heavy atom. The molecule has 0 aromatic carbocycles. The highest BCUT2D eigenvalue weighted by Gasteiger charge is 2.18. The molecule has 0 fully saturated rings. The summed E-state index contributed by atoms with van der Waals surface area (Å²) >= 11 is 23.1. The van der Waals surface area contributed by atoms with Gasteiger partial charge in [0.1, 0.15) is 17.6 Å². The van der Waals surface area contributed by atoms with Crippen LogP contribution in [-0.2, 0) is 0 Å². The Morgan fingerprint density at radius 2 is 1.54 bits per heavy atom. The van der Waals surface area contributed by atoms with Gasteiger partial charge >= 0.3 is 0 Å². The van der Waals surface area contributed by atoms with Gasteiger partial charge in [0.2, 0.25) is 0 Å². The van der Waals surface area contributed by atoms with Crippen LogP contribution in [0.3, 0.4) is 0 Å². The third-order valence-electron chi connectivity index (χ3n) is 1.74. The smallest absolute Gasteiger partial charge is 0.109 e. The van der Waals surface area contributed by atoms with Crippen molar-refractivity contribution in [1.29, 1.82) is 0 Å². The third kappa shape index (κ3) is 5.70. The van der Waals surface area contributed by atoms with Crippen LogP contribution in [0.2, 0.25) is 13.1 Å². The van der Waals surface area contributed by atoms with Crippen molar-refractivity contribution in [1.82, 2.24) is 0 Å². The lowest BCUT2D eigenvalue weighted by atomic mass is 10.7. The fourth-order valence-corrected chi connectivity index (χ4v) is 4.85. The van der Waals surface area contributed by atoms with E-state index in [4.69, 9.17) is 46.4 Å². The van der Waals surface area contributed by atoms with Gasteiger partial charge in [0.05, 0.1) is 8.92 Å². The molecule has 0 atom stereocenters. The second kappa shape index (κ2) is 6.75. The molecule has 13 heavy (non-hydrogen) atoms. The lowest BCUT2D eigenvalue weighted by Gasteiger charge is -2.13. The Balaban J connectivity index is 4.31. The van der Waals surface area contributed by atoms with Crippen LogP contribution in [0.15, 0.2) is 10.9 Å². The highest BCUT2D eigenvalue weighted by Crippen LogP contribution is 2.16. The summed E-state index contributed by atoms with van der Waals surface area (Å²) in [6.45, 7) is 6.22. The number of allylic oxidation sites excluding steroid dienone is 1. The predicted molar refractivity (Wildman–Crippen MR) is 68.0 cm³/mol. The summed E-state index contributed by atoms with van der Waals surface area (Å²) in [5.74, 6) is 0. The standard InChI is InChI=1S/C7H12Cl4Si2/c1-5(13(3)7(10)11)4-12(2)6(8)9/h4,6-7H,1-3H3. The Labute approximate surface area is 103 Å². The molecule has 0 spiro atoms. The molecule has 0 unspecified atom stereocenters. The molecular weight excluding hydrogens is 282 g/mol. The van der Waals surface area contributed by atoms with E-state index in [9.17, 15) is 0 Å². The molecule has 0 aliphatic rings. The maximum atomic E-state index is 5.80. The summed E-state index contributed by atoms with van der Waals surface area (Å²) in [7, 11) is -1.62. The van der Waals surface area contributed by atoms with Crippen molar-refractivity contribution in [3.63, 3.8) is 0 Å². The molecule has 0 saturated carbocycles. The minimum atomic E-state index is -0.812. The highest BCUT2D eigenvalue weighted by atomic mass is 35.5. The van der Waals surface area contributed by atoms with Gasteiger partial charge < -0.3 is 0 Å². The van der Waals surface area contributed by atoms with E-state index < -0.39 is 17.6 Å². The van der Waals surface area contributed by atoms with Gasteiger partial charge in [-0.3, -0.25) is 0 Å². The van der Waals surface area contributed by atoms with E-state index in [1.807, 2.05) is 0 Å². The van der Waals surface area contributed by atoms with Gasteiger partial charge in [-0.2, -0.15) is 0 Å². The van der Waals surface area contributed by atoms with E-state index in [2.05, 4.69) is 25.7 Å². The minimum Gasteiger partial charge on any atom is -0.109 e. The largest absolute Gasteiger partial charge is 0.116 e. The van der Waals surface area contributed by atoms with Crippen LogP contribution in [0.5, 0.6) is 0 Å². The van der Waals surface area contributed by atoms with E-state index >= 15 is 0 Å². The first-order chi connectivity index (χ1) is 5.86. The molecule has 2 radical (unpaired) electrons. The first kappa shape index (κ1) is 14.3. The van der Waals surface area contributed by atoms with Crippen molar-refractivity contribution in [3.8, 4) is 0 Å². The highest BCUT2D eigenvalue weighted by molar-refractivity contribution is 6.87. The molecule has 6 heteroatoms. The fraction of sp³-hybridized carbons (Fsp3) is 0.714. The van der Waals surface area contributed by atoms with Gasteiger partial charge in [-0.15, -0.1) is 46.4 Å². The SMILES string of the molecule is CC(=C[Si](C)C(Cl)Cl)[Si](C)C(Cl)Cl. The molecule has 0 heterocycles. The molecule has 0 rings (SSSR count). The Kier molecular flexibility index (Phi) is 7.44. The molecule has 0 bridgehead atoms. The minimum absolute atomic E-state index is 0.264. The zero-order chi connectivity index (χ0) is 10.6. The fourth-order valence-electron chi connectivity index (χ4n) is 0.690. The molecule has 0 aromatic rings. The van der Waals surface area contributed by atoms with Crippen molar-refractivity contribution in [2.24, 2.45) is 0 Å². The Bertz CT molecular complexity index is 181. The van der Waals surface area contributed by atoms with Crippen LogP contribution in [0.25, 0.3) is 0 Å². The number of halogens is 4. The topological polar surface area (TPSA) is 0 Å². The van der Waals surface area contributed by atoms with Crippen molar-refractivity contribution >= 4 is 64.0 Å². The van der Waals surface area contributed by atoms with Crippen molar-refractivity contribution < 1.29 is 0 Å². The molecule has 0 N–H and O–H groups in total. The van der Waals surface area contributed by atoms with Crippen LogP contribution in [0.1, 0.15) is 6.92 Å².